The molecular weight excluding hydrogens is 344 g/mol. The van der Waals surface area contributed by atoms with E-state index in [0.29, 0.717) is 6.61 Å². The van der Waals surface area contributed by atoms with Crippen molar-refractivity contribution in [1.29, 1.82) is 0 Å². The largest absolute Gasteiger partial charge is 0.494 e. The predicted octanol–water partition coefficient (Wildman–Crippen LogP) is 3.78. The van der Waals surface area contributed by atoms with Crippen molar-refractivity contribution in [2.45, 2.75) is 20.8 Å². The summed E-state index contributed by atoms with van der Waals surface area (Å²) < 4.78 is 5.59. The highest BCUT2D eigenvalue weighted by Crippen LogP contribution is 2.42. The highest BCUT2D eigenvalue weighted by Gasteiger charge is 2.22. The molecular formula is C20H24N4OS. The molecule has 5 nitrogen and oxygen atoms in total. The number of piperazine rings is 1. The molecule has 6 heteroatoms. The molecule has 0 saturated carbocycles. The third kappa shape index (κ3) is 3.15. The Kier molecular flexibility index (Phi) is 4.78. The quantitative estimate of drug-likeness (QED) is 0.759. The molecule has 0 atom stereocenters. The highest BCUT2D eigenvalue weighted by atomic mass is 32.1. The minimum atomic E-state index is 0.681. The van der Waals surface area contributed by atoms with Crippen molar-refractivity contribution in [2.24, 2.45) is 0 Å². The normalized spacial score (nSPS) is 14.8. The van der Waals surface area contributed by atoms with Gasteiger partial charge in [-0.3, -0.25) is 0 Å². The average molecular weight is 369 g/mol. The van der Waals surface area contributed by atoms with Crippen LogP contribution >= 0.6 is 11.3 Å². The first-order valence-electron chi connectivity index (χ1n) is 9.14. The van der Waals surface area contributed by atoms with Crippen molar-refractivity contribution in [2.75, 3.05) is 37.7 Å². The van der Waals surface area contributed by atoms with E-state index in [1.165, 1.54) is 21.4 Å². The van der Waals surface area contributed by atoms with Gasteiger partial charge in [-0.25, -0.2) is 9.97 Å². The summed E-state index contributed by atoms with van der Waals surface area (Å²) >= 11 is 1.76. The lowest BCUT2D eigenvalue weighted by Gasteiger charge is -2.29. The second-order valence-electron chi connectivity index (χ2n) is 6.50. The van der Waals surface area contributed by atoms with Gasteiger partial charge in [0.15, 0.2) is 0 Å². The number of aryl methyl sites for hydroxylation is 2. The van der Waals surface area contributed by atoms with E-state index < -0.39 is 0 Å². The molecule has 2 aromatic heterocycles. The fraction of sp³-hybridized carbons (Fsp3) is 0.400. The van der Waals surface area contributed by atoms with Crippen LogP contribution in [0.4, 0.5) is 5.82 Å². The van der Waals surface area contributed by atoms with E-state index in [1.807, 2.05) is 26.0 Å². The van der Waals surface area contributed by atoms with Gasteiger partial charge in [-0.05, 0) is 38.5 Å². The summed E-state index contributed by atoms with van der Waals surface area (Å²) in [6.45, 7) is 10.8. The van der Waals surface area contributed by atoms with Crippen LogP contribution in [0, 0.1) is 13.8 Å². The second-order valence-corrected chi connectivity index (χ2v) is 7.71. The van der Waals surface area contributed by atoms with E-state index in [-0.39, 0.29) is 0 Å². The van der Waals surface area contributed by atoms with Crippen LogP contribution in [0.1, 0.15) is 17.6 Å². The SMILES string of the molecule is CCOc1ccc(-c2c(C)sc3nc(C)nc(N4CCNCC4)c23)cc1. The number of fused-ring (bicyclic) bond motifs is 1. The number of ether oxygens (including phenoxy) is 1. The summed E-state index contributed by atoms with van der Waals surface area (Å²) in [5.74, 6) is 2.82. The Morgan fingerprint density at radius 2 is 1.85 bits per heavy atom. The van der Waals surface area contributed by atoms with Crippen LogP contribution in [0.2, 0.25) is 0 Å². The van der Waals surface area contributed by atoms with Crippen LogP contribution in [0.3, 0.4) is 0 Å². The van der Waals surface area contributed by atoms with Gasteiger partial charge >= 0.3 is 0 Å². The first-order chi connectivity index (χ1) is 12.7. The third-order valence-electron chi connectivity index (χ3n) is 4.69. The summed E-state index contributed by atoms with van der Waals surface area (Å²) in [4.78, 5) is 14.3. The van der Waals surface area contributed by atoms with Crippen molar-refractivity contribution in [3.63, 3.8) is 0 Å². The third-order valence-corrected chi connectivity index (χ3v) is 5.69. The van der Waals surface area contributed by atoms with Gasteiger partial charge in [0.1, 0.15) is 22.2 Å². The molecule has 136 valence electrons. The number of nitrogens with zero attached hydrogens (tertiary/aromatic N) is 3. The van der Waals surface area contributed by atoms with Gasteiger partial charge in [-0.2, -0.15) is 0 Å². The van der Waals surface area contributed by atoms with Crippen molar-refractivity contribution in [3.8, 4) is 16.9 Å². The van der Waals surface area contributed by atoms with Crippen molar-refractivity contribution in [1.82, 2.24) is 15.3 Å². The average Bonchev–Trinajstić information content (AvgIpc) is 2.98. The van der Waals surface area contributed by atoms with Crippen LogP contribution in [-0.4, -0.2) is 42.8 Å². The number of anilines is 1. The molecule has 1 saturated heterocycles. The Labute approximate surface area is 158 Å². The van der Waals surface area contributed by atoms with E-state index >= 15 is 0 Å². The number of hydrogen-bond acceptors (Lipinski definition) is 6. The zero-order valence-corrected chi connectivity index (χ0v) is 16.3. The number of benzene rings is 1. The first-order valence-corrected chi connectivity index (χ1v) is 9.95. The molecule has 1 N–H and O–H groups in total. The van der Waals surface area contributed by atoms with Crippen LogP contribution < -0.4 is 15.0 Å². The van der Waals surface area contributed by atoms with Gasteiger partial charge < -0.3 is 15.0 Å². The summed E-state index contributed by atoms with van der Waals surface area (Å²) in [6, 6.07) is 8.37. The molecule has 4 rings (SSSR count). The zero-order chi connectivity index (χ0) is 18.1. The number of rotatable bonds is 4. The fourth-order valence-corrected chi connectivity index (χ4v) is 4.62. The Bertz CT molecular complexity index is 914. The summed E-state index contributed by atoms with van der Waals surface area (Å²) in [5, 5.41) is 4.60. The Hall–Kier alpha value is -2.18. The van der Waals surface area contributed by atoms with E-state index in [9.17, 15) is 0 Å². The lowest BCUT2D eigenvalue weighted by atomic mass is 10.0. The molecule has 1 aliphatic heterocycles. The molecule has 0 amide bonds. The van der Waals surface area contributed by atoms with Crippen molar-refractivity contribution >= 4 is 27.4 Å². The monoisotopic (exact) mass is 368 g/mol. The van der Waals surface area contributed by atoms with E-state index in [0.717, 1.165) is 48.4 Å². The van der Waals surface area contributed by atoms with E-state index in [4.69, 9.17) is 14.7 Å². The van der Waals surface area contributed by atoms with Crippen molar-refractivity contribution < 1.29 is 4.74 Å². The molecule has 0 bridgehead atoms. The zero-order valence-electron chi connectivity index (χ0n) is 15.5. The number of aromatic nitrogens is 2. The lowest BCUT2D eigenvalue weighted by molar-refractivity contribution is 0.340. The van der Waals surface area contributed by atoms with Crippen LogP contribution in [0.15, 0.2) is 24.3 Å². The van der Waals surface area contributed by atoms with Crippen LogP contribution in [0.25, 0.3) is 21.3 Å². The summed E-state index contributed by atoms with van der Waals surface area (Å²) in [7, 11) is 0. The van der Waals surface area contributed by atoms with Gasteiger partial charge in [-0.15, -0.1) is 11.3 Å². The lowest BCUT2D eigenvalue weighted by Crippen LogP contribution is -2.44. The van der Waals surface area contributed by atoms with E-state index in [2.05, 4.69) is 29.3 Å². The Morgan fingerprint density at radius 3 is 2.54 bits per heavy atom. The number of nitrogens with one attached hydrogen (secondary N) is 1. The molecule has 1 fully saturated rings. The van der Waals surface area contributed by atoms with Crippen molar-refractivity contribution in [3.05, 3.63) is 35.0 Å². The molecule has 26 heavy (non-hydrogen) atoms. The molecule has 0 unspecified atom stereocenters. The maximum absolute atomic E-state index is 5.59. The molecule has 1 aromatic carbocycles. The smallest absolute Gasteiger partial charge is 0.141 e. The first kappa shape index (κ1) is 17.2. The van der Waals surface area contributed by atoms with Gasteiger partial charge in [0.05, 0.1) is 12.0 Å². The topological polar surface area (TPSA) is 50.3 Å². The molecule has 0 spiro atoms. The Balaban J connectivity index is 1.87. The number of hydrogen-bond donors (Lipinski definition) is 1. The van der Waals surface area contributed by atoms with Gasteiger partial charge in [0.25, 0.3) is 0 Å². The minimum absolute atomic E-state index is 0.681. The van der Waals surface area contributed by atoms with E-state index in [1.54, 1.807) is 11.3 Å². The predicted molar refractivity (Wildman–Crippen MR) is 109 cm³/mol. The molecule has 1 aliphatic rings. The standard InChI is InChI=1S/C20H24N4OS/c1-4-25-16-7-5-15(6-8-16)17-13(2)26-20-18(17)19(22-14(3)23-20)24-11-9-21-10-12-24/h5-8,21H,4,9-12H2,1-3H3. The second kappa shape index (κ2) is 7.21. The molecule has 0 radical (unpaired) electrons. The summed E-state index contributed by atoms with van der Waals surface area (Å²) in [5.41, 5.74) is 2.45. The van der Waals surface area contributed by atoms with Gasteiger partial charge in [0.2, 0.25) is 0 Å². The van der Waals surface area contributed by atoms with Gasteiger partial charge in [-0.1, -0.05) is 12.1 Å². The molecule has 3 heterocycles. The Morgan fingerprint density at radius 1 is 1.12 bits per heavy atom. The van der Waals surface area contributed by atoms with Crippen LogP contribution in [-0.2, 0) is 0 Å². The summed E-state index contributed by atoms with van der Waals surface area (Å²) in [6.07, 6.45) is 0. The number of thiophene rings is 1. The van der Waals surface area contributed by atoms with Gasteiger partial charge in [0, 0.05) is 36.6 Å². The maximum Gasteiger partial charge on any atom is 0.141 e. The van der Waals surface area contributed by atoms with Crippen LogP contribution in [0.5, 0.6) is 5.75 Å². The fourth-order valence-electron chi connectivity index (χ4n) is 3.53. The molecule has 3 aromatic rings. The molecule has 0 aliphatic carbocycles. The highest BCUT2D eigenvalue weighted by molar-refractivity contribution is 7.19. The maximum atomic E-state index is 5.59. The minimum Gasteiger partial charge on any atom is -0.494 e.